The molecule has 0 aromatic heterocycles. The van der Waals surface area contributed by atoms with Crippen molar-refractivity contribution in [2.24, 2.45) is 4.99 Å². The zero-order valence-corrected chi connectivity index (χ0v) is 11.4. The Hall–Kier alpha value is -0.220. The summed E-state index contributed by atoms with van der Waals surface area (Å²) in [7, 11) is 2.21. The van der Waals surface area contributed by atoms with E-state index in [0.29, 0.717) is 11.3 Å². The fraction of sp³-hybridized carbons (Fsp3) is 0.917. The van der Waals surface area contributed by atoms with Crippen LogP contribution in [-0.2, 0) is 0 Å². The van der Waals surface area contributed by atoms with Crippen molar-refractivity contribution in [2.75, 3.05) is 20.1 Å². The van der Waals surface area contributed by atoms with E-state index in [2.05, 4.69) is 36.1 Å². The summed E-state index contributed by atoms with van der Waals surface area (Å²) in [5.74, 6) is 0. The van der Waals surface area contributed by atoms with Crippen molar-refractivity contribution < 1.29 is 0 Å². The zero-order valence-electron chi connectivity index (χ0n) is 10.6. The molecular weight excluding hydrogens is 218 g/mol. The molecule has 1 saturated heterocycles. The number of nitrogens with one attached hydrogen (secondary N) is 1. The van der Waals surface area contributed by atoms with Gasteiger partial charge in [0.1, 0.15) is 0 Å². The van der Waals surface area contributed by atoms with Gasteiger partial charge in [-0.2, -0.15) is 0 Å². The van der Waals surface area contributed by atoms with Gasteiger partial charge in [-0.3, -0.25) is 4.99 Å². The van der Waals surface area contributed by atoms with Crippen LogP contribution in [0.2, 0.25) is 0 Å². The monoisotopic (exact) mass is 241 g/mol. The molecular formula is C12H23N3S. The Morgan fingerprint density at radius 3 is 2.81 bits per heavy atom. The molecule has 1 heterocycles. The minimum atomic E-state index is 0.580. The quantitative estimate of drug-likeness (QED) is 0.815. The van der Waals surface area contributed by atoms with Crippen LogP contribution in [-0.4, -0.2) is 47.5 Å². The van der Waals surface area contributed by atoms with Crippen molar-refractivity contribution in [3.8, 4) is 0 Å². The minimum absolute atomic E-state index is 0.580. The molecule has 0 bridgehead atoms. The van der Waals surface area contributed by atoms with Crippen LogP contribution in [0.1, 0.15) is 33.1 Å². The molecule has 4 heteroatoms. The van der Waals surface area contributed by atoms with Gasteiger partial charge < -0.3 is 10.2 Å². The Morgan fingerprint density at radius 2 is 2.19 bits per heavy atom. The Kier molecular flexibility index (Phi) is 4.14. The van der Waals surface area contributed by atoms with E-state index in [4.69, 9.17) is 0 Å². The smallest absolute Gasteiger partial charge is 0.157 e. The lowest BCUT2D eigenvalue weighted by atomic mass is 10.2. The van der Waals surface area contributed by atoms with Crippen molar-refractivity contribution in [3.63, 3.8) is 0 Å². The van der Waals surface area contributed by atoms with Gasteiger partial charge in [-0.05, 0) is 33.2 Å². The summed E-state index contributed by atoms with van der Waals surface area (Å²) in [4.78, 5) is 7.10. The molecule has 1 aliphatic carbocycles. The Morgan fingerprint density at radius 1 is 1.44 bits per heavy atom. The highest BCUT2D eigenvalue weighted by molar-refractivity contribution is 8.14. The fourth-order valence-corrected chi connectivity index (χ4v) is 3.33. The second kappa shape index (κ2) is 5.41. The van der Waals surface area contributed by atoms with Crippen LogP contribution >= 0.6 is 11.8 Å². The number of likely N-dealkylation sites (N-methyl/N-ethyl adjacent to an activating group) is 1. The lowest BCUT2D eigenvalue weighted by Crippen LogP contribution is -2.38. The molecule has 92 valence electrons. The van der Waals surface area contributed by atoms with Gasteiger partial charge in [0, 0.05) is 23.9 Å². The predicted molar refractivity (Wildman–Crippen MR) is 72.2 cm³/mol. The predicted octanol–water partition coefficient (Wildman–Crippen LogP) is 1.94. The Balaban J connectivity index is 1.73. The van der Waals surface area contributed by atoms with Crippen molar-refractivity contribution >= 4 is 16.9 Å². The molecule has 3 nitrogen and oxygen atoms in total. The summed E-state index contributed by atoms with van der Waals surface area (Å²) in [5.41, 5.74) is 0. The summed E-state index contributed by atoms with van der Waals surface area (Å²) < 4.78 is 0. The van der Waals surface area contributed by atoms with Crippen molar-refractivity contribution in [3.05, 3.63) is 0 Å². The fourth-order valence-electron chi connectivity index (χ4n) is 2.13. The molecule has 1 N–H and O–H groups in total. The molecule has 16 heavy (non-hydrogen) atoms. The third kappa shape index (κ3) is 3.67. The third-order valence-electron chi connectivity index (χ3n) is 3.25. The topological polar surface area (TPSA) is 27.6 Å². The number of nitrogens with zero attached hydrogens (tertiary/aromatic N) is 2. The van der Waals surface area contributed by atoms with Gasteiger partial charge in [0.15, 0.2) is 5.17 Å². The zero-order chi connectivity index (χ0) is 11.5. The maximum absolute atomic E-state index is 4.66. The molecule has 0 radical (unpaired) electrons. The van der Waals surface area contributed by atoms with Gasteiger partial charge in [0.05, 0.1) is 6.54 Å². The summed E-state index contributed by atoms with van der Waals surface area (Å²) in [6.45, 7) is 6.55. The number of rotatable bonds is 4. The first-order chi connectivity index (χ1) is 7.65. The van der Waals surface area contributed by atoms with E-state index in [1.54, 1.807) is 0 Å². The standard InChI is InChI=1S/C12H23N3S/c1-9-8-10(2)16-12(14-9)13-6-7-15(3)11-4-5-11/h9-11H,4-8H2,1-3H3,(H,13,14). The molecule has 0 spiro atoms. The Labute approximate surface area is 103 Å². The molecule has 1 aliphatic heterocycles. The Bertz CT molecular complexity index is 251. The van der Waals surface area contributed by atoms with Crippen molar-refractivity contribution in [2.45, 2.75) is 50.4 Å². The summed E-state index contributed by atoms with van der Waals surface area (Å²) >= 11 is 1.89. The van der Waals surface area contributed by atoms with Crippen LogP contribution in [0, 0.1) is 0 Å². The van der Waals surface area contributed by atoms with Crippen molar-refractivity contribution in [1.29, 1.82) is 0 Å². The number of hydrogen-bond acceptors (Lipinski definition) is 3. The third-order valence-corrected chi connectivity index (χ3v) is 4.31. The van der Waals surface area contributed by atoms with E-state index < -0.39 is 0 Å². The largest absolute Gasteiger partial charge is 0.362 e. The van der Waals surface area contributed by atoms with E-state index in [-0.39, 0.29) is 0 Å². The van der Waals surface area contributed by atoms with E-state index >= 15 is 0 Å². The van der Waals surface area contributed by atoms with Crippen LogP contribution in [0.5, 0.6) is 0 Å². The first-order valence-corrected chi connectivity index (χ1v) is 7.21. The van der Waals surface area contributed by atoms with Crippen LogP contribution < -0.4 is 5.32 Å². The minimum Gasteiger partial charge on any atom is -0.362 e. The average molecular weight is 241 g/mol. The van der Waals surface area contributed by atoms with E-state index in [9.17, 15) is 0 Å². The second-order valence-corrected chi connectivity index (χ2v) is 6.54. The molecule has 1 saturated carbocycles. The maximum atomic E-state index is 4.66. The molecule has 2 unspecified atom stereocenters. The lowest BCUT2D eigenvalue weighted by molar-refractivity contribution is 0.334. The first-order valence-electron chi connectivity index (χ1n) is 6.33. The van der Waals surface area contributed by atoms with E-state index in [1.807, 2.05) is 11.8 Å². The molecule has 2 rings (SSSR count). The molecule has 0 aromatic rings. The van der Waals surface area contributed by atoms with Crippen molar-refractivity contribution in [1.82, 2.24) is 10.2 Å². The van der Waals surface area contributed by atoms with Gasteiger partial charge in [-0.15, -0.1) is 0 Å². The van der Waals surface area contributed by atoms with Gasteiger partial charge in [-0.1, -0.05) is 18.7 Å². The number of amidine groups is 1. The maximum Gasteiger partial charge on any atom is 0.157 e. The average Bonchev–Trinajstić information content (AvgIpc) is 2.98. The SMILES string of the molecule is CC1CC(C)SC(=NCCN(C)C2CC2)N1. The normalized spacial score (nSPS) is 33.1. The van der Waals surface area contributed by atoms with Gasteiger partial charge in [0.2, 0.25) is 0 Å². The van der Waals surface area contributed by atoms with Crippen LogP contribution in [0.4, 0.5) is 0 Å². The number of thioether (sulfide) groups is 1. The highest BCUT2D eigenvalue weighted by atomic mass is 32.2. The summed E-state index contributed by atoms with van der Waals surface area (Å²) in [5, 5.41) is 5.31. The number of aliphatic imine (C=N–C) groups is 1. The molecule has 2 aliphatic rings. The summed E-state index contributed by atoms with van der Waals surface area (Å²) in [6, 6.07) is 1.43. The van der Waals surface area contributed by atoms with Crippen LogP contribution in [0.3, 0.4) is 0 Å². The van der Waals surface area contributed by atoms with Gasteiger partial charge in [0.25, 0.3) is 0 Å². The summed E-state index contributed by atoms with van der Waals surface area (Å²) in [6.07, 6.45) is 4.01. The molecule has 0 aromatic carbocycles. The second-order valence-electron chi connectivity index (χ2n) is 5.11. The van der Waals surface area contributed by atoms with Crippen LogP contribution in [0.25, 0.3) is 0 Å². The van der Waals surface area contributed by atoms with E-state index in [0.717, 1.165) is 24.3 Å². The first kappa shape index (κ1) is 12.2. The molecule has 2 fully saturated rings. The molecule has 2 atom stereocenters. The van der Waals surface area contributed by atoms with E-state index in [1.165, 1.54) is 19.3 Å². The highest BCUT2D eigenvalue weighted by Crippen LogP contribution is 2.25. The van der Waals surface area contributed by atoms with Gasteiger partial charge in [-0.25, -0.2) is 0 Å². The molecule has 0 amide bonds. The lowest BCUT2D eigenvalue weighted by Gasteiger charge is -2.27. The number of hydrogen-bond donors (Lipinski definition) is 1. The van der Waals surface area contributed by atoms with Crippen LogP contribution in [0.15, 0.2) is 4.99 Å². The van der Waals surface area contributed by atoms with Gasteiger partial charge >= 0.3 is 0 Å². The highest BCUT2D eigenvalue weighted by Gasteiger charge is 2.25.